The normalized spacial score (nSPS) is 20.6. The molecule has 2 rings (SSSR count). The lowest BCUT2D eigenvalue weighted by atomic mass is 10.2. The maximum Gasteiger partial charge on any atom is 0.433 e. The van der Waals surface area contributed by atoms with Crippen LogP contribution in [-0.4, -0.2) is 36.1 Å². The lowest BCUT2D eigenvalue weighted by molar-refractivity contribution is -0.141. The molecule has 0 saturated carbocycles. The average Bonchev–Trinajstić information content (AvgIpc) is 2.80. The lowest BCUT2D eigenvalue weighted by Crippen LogP contribution is -2.34. The number of nitrogens with one attached hydrogen (secondary N) is 1. The third-order valence-electron chi connectivity index (χ3n) is 2.83. The van der Waals surface area contributed by atoms with E-state index in [1.807, 2.05) is 0 Å². The molecule has 1 N–H and O–H groups in total. The summed E-state index contributed by atoms with van der Waals surface area (Å²) >= 11 is 0. The molecule has 4 nitrogen and oxygen atoms in total. The van der Waals surface area contributed by atoms with Crippen LogP contribution < -0.4 is 10.2 Å². The molecule has 7 heteroatoms. The summed E-state index contributed by atoms with van der Waals surface area (Å²) in [6, 6.07) is 1.03. The summed E-state index contributed by atoms with van der Waals surface area (Å²) < 4.78 is 37.5. The van der Waals surface area contributed by atoms with E-state index in [9.17, 15) is 13.2 Å². The van der Waals surface area contributed by atoms with E-state index in [2.05, 4.69) is 15.3 Å². The van der Waals surface area contributed by atoms with E-state index in [1.165, 1.54) is 0 Å². The SMILES string of the molecule is CN(c1nccc(C(F)(F)F)n1)C1CCNC1. The van der Waals surface area contributed by atoms with Crippen molar-refractivity contribution in [1.29, 1.82) is 0 Å². The van der Waals surface area contributed by atoms with Crippen molar-refractivity contribution in [3.8, 4) is 0 Å². The van der Waals surface area contributed by atoms with E-state index in [0.717, 1.165) is 31.8 Å². The van der Waals surface area contributed by atoms with Gasteiger partial charge in [-0.05, 0) is 19.0 Å². The van der Waals surface area contributed by atoms with Crippen LogP contribution in [0.25, 0.3) is 0 Å². The minimum Gasteiger partial charge on any atom is -0.340 e. The zero-order valence-electron chi connectivity index (χ0n) is 9.33. The molecule has 94 valence electrons. The standard InChI is InChI=1S/C10H13F3N4/c1-17(7-2-4-14-6-7)9-15-5-3-8(16-9)10(11,12)13/h3,5,7,14H,2,4,6H2,1H3. The first-order valence-corrected chi connectivity index (χ1v) is 5.32. The summed E-state index contributed by atoms with van der Waals surface area (Å²) in [4.78, 5) is 9.12. The van der Waals surface area contributed by atoms with Gasteiger partial charge in [0.2, 0.25) is 5.95 Å². The van der Waals surface area contributed by atoms with Crippen molar-refractivity contribution >= 4 is 5.95 Å². The van der Waals surface area contributed by atoms with E-state index >= 15 is 0 Å². The van der Waals surface area contributed by atoms with Crippen molar-refractivity contribution < 1.29 is 13.2 Å². The van der Waals surface area contributed by atoms with Gasteiger partial charge in [-0.25, -0.2) is 9.97 Å². The predicted octanol–water partition coefficient (Wildman–Crippen LogP) is 1.29. The molecular weight excluding hydrogens is 233 g/mol. The largest absolute Gasteiger partial charge is 0.433 e. The molecule has 1 aliphatic heterocycles. The highest BCUT2D eigenvalue weighted by atomic mass is 19.4. The second-order valence-electron chi connectivity index (χ2n) is 4.00. The van der Waals surface area contributed by atoms with Crippen LogP contribution in [0.15, 0.2) is 12.3 Å². The number of aromatic nitrogens is 2. The summed E-state index contributed by atoms with van der Waals surface area (Å²) in [5.74, 6) is 0.119. The van der Waals surface area contributed by atoms with Crippen LogP contribution in [0.5, 0.6) is 0 Å². The fourth-order valence-electron chi connectivity index (χ4n) is 1.81. The summed E-state index contributed by atoms with van der Waals surface area (Å²) in [7, 11) is 1.72. The number of nitrogens with zero attached hydrogens (tertiary/aromatic N) is 3. The molecule has 1 unspecified atom stereocenters. The fourth-order valence-corrected chi connectivity index (χ4v) is 1.81. The van der Waals surface area contributed by atoms with Gasteiger partial charge >= 0.3 is 6.18 Å². The number of hydrogen-bond acceptors (Lipinski definition) is 4. The summed E-state index contributed by atoms with van der Waals surface area (Å²) in [5, 5.41) is 3.15. The van der Waals surface area contributed by atoms with Crippen LogP contribution in [0.4, 0.5) is 19.1 Å². The number of anilines is 1. The molecule has 1 fully saturated rings. The van der Waals surface area contributed by atoms with Gasteiger partial charge in [-0.15, -0.1) is 0 Å². The Kier molecular flexibility index (Phi) is 3.19. The Balaban J connectivity index is 2.20. The molecule has 0 bridgehead atoms. The van der Waals surface area contributed by atoms with Gasteiger partial charge in [-0.3, -0.25) is 0 Å². The van der Waals surface area contributed by atoms with Crippen molar-refractivity contribution in [2.75, 3.05) is 25.0 Å². The molecule has 2 heterocycles. The van der Waals surface area contributed by atoms with E-state index in [4.69, 9.17) is 0 Å². The molecule has 17 heavy (non-hydrogen) atoms. The topological polar surface area (TPSA) is 41.1 Å². The van der Waals surface area contributed by atoms with Crippen LogP contribution in [0.2, 0.25) is 0 Å². The Hall–Kier alpha value is -1.37. The zero-order valence-corrected chi connectivity index (χ0v) is 9.33. The van der Waals surface area contributed by atoms with Gasteiger partial charge in [-0.1, -0.05) is 0 Å². The molecular formula is C10H13F3N4. The third kappa shape index (κ3) is 2.66. The van der Waals surface area contributed by atoms with Gasteiger partial charge < -0.3 is 10.2 Å². The first kappa shape index (κ1) is 12.1. The van der Waals surface area contributed by atoms with Gasteiger partial charge in [0.15, 0.2) is 0 Å². The maximum absolute atomic E-state index is 12.5. The average molecular weight is 246 g/mol. The lowest BCUT2D eigenvalue weighted by Gasteiger charge is -2.23. The van der Waals surface area contributed by atoms with Gasteiger partial charge in [0.25, 0.3) is 0 Å². The first-order chi connectivity index (χ1) is 7.98. The van der Waals surface area contributed by atoms with Crippen molar-refractivity contribution in [1.82, 2.24) is 15.3 Å². The Morgan fingerprint density at radius 1 is 1.47 bits per heavy atom. The second-order valence-corrected chi connectivity index (χ2v) is 4.00. The number of hydrogen-bond donors (Lipinski definition) is 1. The Morgan fingerprint density at radius 2 is 2.24 bits per heavy atom. The molecule has 0 spiro atoms. The van der Waals surface area contributed by atoms with E-state index in [1.54, 1.807) is 11.9 Å². The van der Waals surface area contributed by atoms with Crippen LogP contribution in [0.1, 0.15) is 12.1 Å². The smallest absolute Gasteiger partial charge is 0.340 e. The van der Waals surface area contributed by atoms with Crippen LogP contribution in [0, 0.1) is 0 Å². The number of halogens is 3. The van der Waals surface area contributed by atoms with Gasteiger partial charge in [0, 0.05) is 25.8 Å². The molecule has 1 saturated heterocycles. The Morgan fingerprint density at radius 3 is 2.82 bits per heavy atom. The summed E-state index contributed by atoms with van der Waals surface area (Å²) in [5.41, 5.74) is -0.902. The van der Waals surface area contributed by atoms with E-state index in [0.29, 0.717) is 0 Å². The maximum atomic E-state index is 12.5. The minimum absolute atomic E-state index is 0.119. The minimum atomic E-state index is -4.42. The van der Waals surface area contributed by atoms with E-state index < -0.39 is 11.9 Å². The molecule has 1 aliphatic rings. The van der Waals surface area contributed by atoms with Gasteiger partial charge in [-0.2, -0.15) is 13.2 Å². The zero-order chi connectivity index (χ0) is 12.5. The first-order valence-electron chi connectivity index (χ1n) is 5.32. The monoisotopic (exact) mass is 246 g/mol. The third-order valence-corrected chi connectivity index (χ3v) is 2.83. The van der Waals surface area contributed by atoms with Crippen LogP contribution >= 0.6 is 0 Å². The molecule has 0 aromatic carbocycles. The van der Waals surface area contributed by atoms with Gasteiger partial charge in [0.1, 0.15) is 5.69 Å². The molecule has 1 aromatic rings. The number of rotatable bonds is 2. The second kappa shape index (κ2) is 4.48. The quantitative estimate of drug-likeness (QED) is 0.853. The highest BCUT2D eigenvalue weighted by Gasteiger charge is 2.33. The van der Waals surface area contributed by atoms with Crippen LogP contribution in [0.3, 0.4) is 0 Å². The number of likely N-dealkylation sites (N-methyl/N-ethyl adjacent to an activating group) is 1. The Bertz CT molecular complexity index is 387. The fraction of sp³-hybridized carbons (Fsp3) is 0.600. The summed E-state index contributed by atoms with van der Waals surface area (Å²) in [6.07, 6.45) is -2.40. The van der Waals surface area contributed by atoms with Crippen molar-refractivity contribution in [3.05, 3.63) is 18.0 Å². The van der Waals surface area contributed by atoms with Gasteiger partial charge in [0.05, 0.1) is 0 Å². The number of alkyl halides is 3. The molecule has 1 atom stereocenters. The molecule has 0 aliphatic carbocycles. The van der Waals surface area contributed by atoms with Crippen molar-refractivity contribution in [2.45, 2.75) is 18.6 Å². The molecule has 0 amide bonds. The molecule has 0 radical (unpaired) electrons. The summed E-state index contributed by atoms with van der Waals surface area (Å²) in [6.45, 7) is 1.62. The van der Waals surface area contributed by atoms with Crippen LogP contribution in [-0.2, 0) is 6.18 Å². The van der Waals surface area contributed by atoms with Crippen molar-refractivity contribution in [2.24, 2.45) is 0 Å². The molecule has 1 aromatic heterocycles. The highest BCUT2D eigenvalue weighted by molar-refractivity contribution is 5.32. The highest BCUT2D eigenvalue weighted by Crippen LogP contribution is 2.28. The van der Waals surface area contributed by atoms with Crippen molar-refractivity contribution in [3.63, 3.8) is 0 Å². The Labute approximate surface area is 96.9 Å². The predicted molar refractivity (Wildman–Crippen MR) is 56.7 cm³/mol. The van der Waals surface area contributed by atoms with E-state index in [-0.39, 0.29) is 12.0 Å².